The number of aliphatic hydroxyl groups excluding tert-OH is 1. The molecular weight excluding hydrogens is 344 g/mol. The molecular formula is C18H16N8O. The van der Waals surface area contributed by atoms with E-state index >= 15 is 0 Å². The fourth-order valence-corrected chi connectivity index (χ4v) is 3.15. The minimum absolute atomic E-state index is 0.0454. The van der Waals surface area contributed by atoms with Crippen molar-refractivity contribution in [2.45, 2.75) is 13.1 Å². The Morgan fingerprint density at radius 2 is 2.15 bits per heavy atom. The maximum absolute atomic E-state index is 9.04. The monoisotopic (exact) mass is 360 g/mol. The van der Waals surface area contributed by atoms with Crippen LogP contribution in [0.3, 0.4) is 0 Å². The van der Waals surface area contributed by atoms with E-state index in [9.17, 15) is 0 Å². The molecule has 0 saturated heterocycles. The molecule has 2 N–H and O–H groups in total. The van der Waals surface area contributed by atoms with E-state index in [1.54, 1.807) is 21.8 Å². The van der Waals surface area contributed by atoms with Gasteiger partial charge in [-0.2, -0.15) is 5.10 Å². The summed E-state index contributed by atoms with van der Waals surface area (Å²) < 4.78 is 3.47. The SMILES string of the molecule is OCCn1cc(-c2ccc3nnn(Cc4c[nH]c5ncccc45)c3n2)cn1. The number of pyridine rings is 2. The van der Waals surface area contributed by atoms with Crippen LogP contribution in [0.5, 0.6) is 0 Å². The first-order chi connectivity index (χ1) is 13.3. The summed E-state index contributed by atoms with van der Waals surface area (Å²) in [6, 6.07) is 7.75. The van der Waals surface area contributed by atoms with Gasteiger partial charge in [0, 0.05) is 35.1 Å². The van der Waals surface area contributed by atoms with Crippen LogP contribution in [0.15, 0.2) is 49.1 Å². The molecule has 0 fully saturated rings. The first-order valence-electron chi connectivity index (χ1n) is 8.57. The molecule has 134 valence electrons. The lowest BCUT2D eigenvalue weighted by atomic mass is 10.2. The van der Waals surface area contributed by atoms with Gasteiger partial charge in [-0.05, 0) is 24.3 Å². The Morgan fingerprint density at radius 1 is 1.19 bits per heavy atom. The van der Waals surface area contributed by atoms with Crippen molar-refractivity contribution in [3.05, 3.63) is 54.6 Å². The maximum Gasteiger partial charge on any atom is 0.179 e. The topological polar surface area (TPSA) is 110 Å². The normalized spacial score (nSPS) is 11.6. The Hall–Kier alpha value is -3.59. The largest absolute Gasteiger partial charge is 0.394 e. The quantitative estimate of drug-likeness (QED) is 0.493. The highest BCUT2D eigenvalue weighted by molar-refractivity contribution is 5.80. The summed E-state index contributed by atoms with van der Waals surface area (Å²) >= 11 is 0. The Morgan fingerprint density at radius 3 is 3.07 bits per heavy atom. The molecule has 0 aromatic carbocycles. The van der Waals surface area contributed by atoms with E-state index in [1.165, 1.54) is 0 Å². The second-order valence-corrected chi connectivity index (χ2v) is 6.22. The summed E-state index contributed by atoms with van der Waals surface area (Å²) in [5.74, 6) is 0. The summed E-state index contributed by atoms with van der Waals surface area (Å²) in [6.07, 6.45) is 7.30. The minimum Gasteiger partial charge on any atom is -0.394 e. The molecule has 0 radical (unpaired) electrons. The van der Waals surface area contributed by atoms with Gasteiger partial charge in [0.15, 0.2) is 5.65 Å². The van der Waals surface area contributed by atoms with Gasteiger partial charge in [-0.1, -0.05) is 5.21 Å². The lowest BCUT2D eigenvalue weighted by Gasteiger charge is -2.02. The highest BCUT2D eigenvalue weighted by Crippen LogP contribution is 2.21. The molecule has 9 heteroatoms. The molecule has 0 amide bonds. The smallest absolute Gasteiger partial charge is 0.179 e. The van der Waals surface area contributed by atoms with Crippen LogP contribution in [0.2, 0.25) is 0 Å². The number of rotatable bonds is 5. The highest BCUT2D eigenvalue weighted by atomic mass is 16.3. The van der Waals surface area contributed by atoms with Crippen LogP contribution < -0.4 is 0 Å². The van der Waals surface area contributed by atoms with Gasteiger partial charge in [0.05, 0.1) is 31.6 Å². The van der Waals surface area contributed by atoms with Gasteiger partial charge >= 0.3 is 0 Å². The first kappa shape index (κ1) is 15.6. The molecule has 27 heavy (non-hydrogen) atoms. The van der Waals surface area contributed by atoms with Crippen LogP contribution in [0.25, 0.3) is 33.5 Å². The van der Waals surface area contributed by atoms with Gasteiger partial charge in [0.2, 0.25) is 0 Å². The van der Waals surface area contributed by atoms with Crippen LogP contribution in [-0.4, -0.2) is 51.4 Å². The van der Waals surface area contributed by atoms with Crippen molar-refractivity contribution in [3.63, 3.8) is 0 Å². The number of aromatic nitrogens is 8. The summed E-state index contributed by atoms with van der Waals surface area (Å²) in [5.41, 5.74) is 5.04. The maximum atomic E-state index is 9.04. The van der Waals surface area contributed by atoms with E-state index in [0.29, 0.717) is 18.7 Å². The van der Waals surface area contributed by atoms with Crippen molar-refractivity contribution in [1.82, 2.24) is 39.7 Å². The molecule has 5 rings (SSSR count). The van der Waals surface area contributed by atoms with Crippen LogP contribution in [0.4, 0.5) is 0 Å². The van der Waals surface area contributed by atoms with Crippen LogP contribution in [-0.2, 0) is 13.1 Å². The molecule has 5 aromatic heterocycles. The molecule has 0 bridgehead atoms. The molecule has 0 aliphatic carbocycles. The van der Waals surface area contributed by atoms with E-state index < -0.39 is 0 Å². The number of nitrogens with zero attached hydrogens (tertiary/aromatic N) is 7. The first-order valence-corrected chi connectivity index (χ1v) is 8.57. The van der Waals surface area contributed by atoms with E-state index in [-0.39, 0.29) is 6.61 Å². The molecule has 5 heterocycles. The molecule has 9 nitrogen and oxygen atoms in total. The van der Waals surface area contributed by atoms with E-state index in [4.69, 9.17) is 10.1 Å². The fourth-order valence-electron chi connectivity index (χ4n) is 3.15. The van der Waals surface area contributed by atoms with Gasteiger partial charge in [0.25, 0.3) is 0 Å². The Kier molecular flexibility index (Phi) is 3.65. The molecule has 0 atom stereocenters. The Balaban J connectivity index is 1.53. The average molecular weight is 360 g/mol. The molecule has 0 spiro atoms. The van der Waals surface area contributed by atoms with Crippen molar-refractivity contribution in [2.24, 2.45) is 0 Å². The van der Waals surface area contributed by atoms with Crippen LogP contribution in [0, 0.1) is 0 Å². The number of hydrogen-bond acceptors (Lipinski definition) is 6. The summed E-state index contributed by atoms with van der Waals surface area (Å²) in [4.78, 5) is 12.2. The fraction of sp³-hybridized carbons (Fsp3) is 0.167. The third-order valence-corrected chi connectivity index (χ3v) is 4.47. The lowest BCUT2D eigenvalue weighted by molar-refractivity contribution is 0.269. The summed E-state index contributed by atoms with van der Waals surface area (Å²) in [5, 5.41) is 22.8. The standard InChI is InChI=1S/C18H16N8O/c27-7-6-25-10-13(9-21-25)15-3-4-16-18(22-15)26(24-23-16)11-12-8-20-17-14(12)2-1-5-19-17/h1-5,8-10,27H,6-7,11H2,(H,19,20). The predicted molar refractivity (Wildman–Crippen MR) is 98.8 cm³/mol. The number of aromatic amines is 1. The van der Waals surface area contributed by atoms with Gasteiger partial charge < -0.3 is 10.1 Å². The van der Waals surface area contributed by atoms with Crippen molar-refractivity contribution >= 4 is 22.2 Å². The third kappa shape index (κ3) is 2.74. The number of hydrogen-bond donors (Lipinski definition) is 2. The Labute approximate surface area is 153 Å². The second kappa shape index (κ2) is 6.29. The number of aliphatic hydroxyl groups is 1. The van der Waals surface area contributed by atoms with Crippen LogP contribution >= 0.6 is 0 Å². The highest BCUT2D eigenvalue weighted by Gasteiger charge is 2.12. The van der Waals surface area contributed by atoms with E-state index in [1.807, 2.05) is 36.7 Å². The van der Waals surface area contributed by atoms with Crippen molar-refractivity contribution < 1.29 is 5.11 Å². The summed E-state index contributed by atoms with van der Waals surface area (Å²) in [6.45, 7) is 1.04. The molecule has 5 aromatic rings. The number of nitrogens with one attached hydrogen (secondary N) is 1. The lowest BCUT2D eigenvalue weighted by Crippen LogP contribution is -2.03. The van der Waals surface area contributed by atoms with Gasteiger partial charge in [-0.3, -0.25) is 4.68 Å². The molecule has 0 unspecified atom stereocenters. The average Bonchev–Trinajstić information content (AvgIpc) is 3.42. The van der Waals surface area contributed by atoms with E-state index in [2.05, 4.69) is 25.4 Å². The zero-order chi connectivity index (χ0) is 18.2. The molecule has 0 saturated carbocycles. The predicted octanol–water partition coefficient (Wildman–Crippen LogP) is 1.61. The number of H-pyrrole nitrogens is 1. The molecule has 0 aliphatic heterocycles. The van der Waals surface area contributed by atoms with Crippen molar-refractivity contribution in [2.75, 3.05) is 6.61 Å². The molecule has 0 aliphatic rings. The van der Waals surface area contributed by atoms with Gasteiger partial charge in [-0.15, -0.1) is 5.10 Å². The zero-order valence-corrected chi connectivity index (χ0v) is 14.3. The minimum atomic E-state index is 0.0454. The van der Waals surface area contributed by atoms with Gasteiger partial charge in [-0.25, -0.2) is 14.6 Å². The van der Waals surface area contributed by atoms with Crippen molar-refractivity contribution in [3.8, 4) is 11.3 Å². The second-order valence-electron chi connectivity index (χ2n) is 6.22. The van der Waals surface area contributed by atoms with E-state index in [0.717, 1.165) is 33.4 Å². The summed E-state index contributed by atoms with van der Waals surface area (Å²) in [7, 11) is 0. The third-order valence-electron chi connectivity index (χ3n) is 4.47. The van der Waals surface area contributed by atoms with Gasteiger partial charge in [0.1, 0.15) is 11.2 Å². The van der Waals surface area contributed by atoms with Crippen LogP contribution in [0.1, 0.15) is 5.56 Å². The number of fused-ring (bicyclic) bond motifs is 2. The van der Waals surface area contributed by atoms with Crippen molar-refractivity contribution in [1.29, 1.82) is 0 Å². The Bertz CT molecular complexity index is 1230. The zero-order valence-electron chi connectivity index (χ0n) is 14.3.